The van der Waals surface area contributed by atoms with Crippen LogP contribution >= 0.6 is 11.3 Å². The summed E-state index contributed by atoms with van der Waals surface area (Å²) in [5.41, 5.74) is 2.36. The number of piperazine rings is 1. The van der Waals surface area contributed by atoms with Crippen molar-refractivity contribution in [1.82, 2.24) is 14.8 Å². The summed E-state index contributed by atoms with van der Waals surface area (Å²) in [4.78, 5) is 9.50. The van der Waals surface area contributed by atoms with Crippen molar-refractivity contribution in [2.45, 2.75) is 40.0 Å². The van der Waals surface area contributed by atoms with E-state index in [2.05, 4.69) is 65.3 Å². The molecule has 0 radical (unpaired) electrons. The SMILES string of the molecule is Cc1nc(COc2ccc(CN3CCN(C)C[C@H]3C(C)C)cc2)cs1. The number of nitrogens with zero attached hydrogens (tertiary/aromatic N) is 3. The topological polar surface area (TPSA) is 28.6 Å². The third-order valence-corrected chi connectivity index (χ3v) is 5.69. The molecule has 0 unspecified atom stereocenters. The minimum absolute atomic E-state index is 0.539. The van der Waals surface area contributed by atoms with Crippen molar-refractivity contribution in [1.29, 1.82) is 0 Å². The predicted octanol–water partition coefficient (Wildman–Crippen LogP) is 3.80. The number of benzene rings is 1. The van der Waals surface area contributed by atoms with Crippen molar-refractivity contribution < 1.29 is 4.74 Å². The van der Waals surface area contributed by atoms with Gasteiger partial charge >= 0.3 is 0 Å². The molecule has 0 amide bonds. The third-order valence-electron chi connectivity index (χ3n) is 4.87. The molecule has 5 heteroatoms. The Kier molecular flexibility index (Phi) is 6.10. The van der Waals surface area contributed by atoms with E-state index in [1.54, 1.807) is 11.3 Å². The fourth-order valence-electron chi connectivity index (χ4n) is 3.38. The van der Waals surface area contributed by atoms with Crippen LogP contribution in [0.15, 0.2) is 29.6 Å². The van der Waals surface area contributed by atoms with Gasteiger partial charge in [0.25, 0.3) is 0 Å². The first-order valence-corrected chi connectivity index (χ1v) is 9.94. The van der Waals surface area contributed by atoms with E-state index in [0.717, 1.165) is 42.6 Å². The molecular weight excluding hydrogens is 330 g/mol. The van der Waals surface area contributed by atoms with E-state index in [9.17, 15) is 0 Å². The maximum atomic E-state index is 5.85. The lowest BCUT2D eigenvalue weighted by Gasteiger charge is -2.42. The van der Waals surface area contributed by atoms with Gasteiger partial charge in [0.1, 0.15) is 12.4 Å². The Bertz CT molecular complexity index is 668. The van der Waals surface area contributed by atoms with Crippen molar-refractivity contribution in [2.24, 2.45) is 5.92 Å². The van der Waals surface area contributed by atoms with Crippen molar-refractivity contribution in [2.75, 3.05) is 26.7 Å². The van der Waals surface area contributed by atoms with Crippen LogP contribution in [-0.4, -0.2) is 47.5 Å². The molecule has 4 nitrogen and oxygen atoms in total. The van der Waals surface area contributed by atoms with E-state index in [4.69, 9.17) is 4.74 Å². The Balaban J connectivity index is 1.56. The Morgan fingerprint density at radius 3 is 2.64 bits per heavy atom. The smallest absolute Gasteiger partial charge is 0.131 e. The fourth-order valence-corrected chi connectivity index (χ4v) is 3.97. The van der Waals surface area contributed by atoms with Crippen molar-refractivity contribution >= 4 is 11.3 Å². The summed E-state index contributed by atoms with van der Waals surface area (Å²) in [5, 5.41) is 3.14. The van der Waals surface area contributed by atoms with Gasteiger partial charge in [-0.25, -0.2) is 4.98 Å². The van der Waals surface area contributed by atoms with Gasteiger partial charge in [0.05, 0.1) is 10.7 Å². The molecule has 1 aromatic carbocycles. The predicted molar refractivity (Wildman–Crippen MR) is 104 cm³/mol. The van der Waals surface area contributed by atoms with Gasteiger partial charge in [-0.1, -0.05) is 26.0 Å². The molecule has 1 aromatic heterocycles. The van der Waals surface area contributed by atoms with E-state index in [-0.39, 0.29) is 0 Å². The molecule has 1 fully saturated rings. The summed E-state index contributed by atoms with van der Waals surface area (Å²) in [6, 6.07) is 9.17. The van der Waals surface area contributed by atoms with Gasteiger partial charge in [-0.05, 0) is 37.6 Å². The second kappa shape index (κ2) is 8.30. The highest BCUT2D eigenvalue weighted by Crippen LogP contribution is 2.21. The molecular formula is C20H29N3OS. The Morgan fingerprint density at radius 2 is 2.00 bits per heavy atom. The molecule has 1 saturated heterocycles. The monoisotopic (exact) mass is 359 g/mol. The molecule has 0 saturated carbocycles. The highest BCUT2D eigenvalue weighted by atomic mass is 32.1. The molecule has 0 N–H and O–H groups in total. The lowest BCUT2D eigenvalue weighted by Crippen LogP contribution is -2.53. The molecule has 25 heavy (non-hydrogen) atoms. The van der Waals surface area contributed by atoms with Crippen LogP contribution in [0.3, 0.4) is 0 Å². The molecule has 0 bridgehead atoms. The van der Waals surface area contributed by atoms with E-state index in [0.29, 0.717) is 18.6 Å². The first-order valence-electron chi connectivity index (χ1n) is 9.06. The average molecular weight is 360 g/mol. The lowest BCUT2D eigenvalue weighted by atomic mass is 9.99. The number of rotatable bonds is 6. The number of thiazole rings is 1. The Hall–Kier alpha value is -1.43. The molecule has 1 aliphatic heterocycles. The van der Waals surface area contributed by atoms with Crippen LogP contribution in [0.2, 0.25) is 0 Å². The number of hydrogen-bond donors (Lipinski definition) is 0. The van der Waals surface area contributed by atoms with Gasteiger partial charge in [-0.2, -0.15) is 0 Å². The summed E-state index contributed by atoms with van der Waals surface area (Å²) in [5.74, 6) is 1.58. The maximum absolute atomic E-state index is 5.85. The van der Waals surface area contributed by atoms with Gasteiger partial charge in [-0.15, -0.1) is 11.3 Å². The lowest BCUT2D eigenvalue weighted by molar-refractivity contribution is 0.0571. The van der Waals surface area contributed by atoms with Crippen LogP contribution < -0.4 is 4.74 Å². The Morgan fingerprint density at radius 1 is 1.24 bits per heavy atom. The summed E-state index contributed by atoms with van der Waals surface area (Å²) < 4.78 is 5.85. The van der Waals surface area contributed by atoms with Crippen LogP contribution in [0.5, 0.6) is 5.75 Å². The number of aryl methyl sites for hydroxylation is 1. The van der Waals surface area contributed by atoms with Gasteiger partial charge in [-0.3, -0.25) is 4.90 Å². The number of likely N-dealkylation sites (N-methyl/N-ethyl adjacent to an activating group) is 1. The van der Waals surface area contributed by atoms with E-state index >= 15 is 0 Å². The zero-order valence-corrected chi connectivity index (χ0v) is 16.6. The summed E-state index contributed by atoms with van der Waals surface area (Å²) in [6.07, 6.45) is 0. The van der Waals surface area contributed by atoms with E-state index in [1.807, 2.05) is 6.92 Å². The zero-order chi connectivity index (χ0) is 17.8. The molecule has 1 atom stereocenters. The number of aromatic nitrogens is 1. The second-order valence-electron chi connectivity index (χ2n) is 7.33. The van der Waals surface area contributed by atoms with Crippen LogP contribution in [0.4, 0.5) is 0 Å². The first-order chi connectivity index (χ1) is 12.0. The van der Waals surface area contributed by atoms with Gasteiger partial charge < -0.3 is 9.64 Å². The first kappa shape index (κ1) is 18.4. The van der Waals surface area contributed by atoms with Gasteiger partial charge in [0.2, 0.25) is 0 Å². The third kappa shape index (κ3) is 5.03. The van der Waals surface area contributed by atoms with Crippen LogP contribution in [0, 0.1) is 12.8 Å². The molecule has 2 heterocycles. The molecule has 0 spiro atoms. The summed E-state index contributed by atoms with van der Waals surface area (Å²) in [6.45, 7) is 11.7. The zero-order valence-electron chi connectivity index (χ0n) is 15.7. The normalized spacial score (nSPS) is 19.5. The molecule has 136 valence electrons. The van der Waals surface area contributed by atoms with E-state index in [1.165, 1.54) is 5.56 Å². The van der Waals surface area contributed by atoms with Gasteiger partial charge in [0, 0.05) is 37.6 Å². The summed E-state index contributed by atoms with van der Waals surface area (Å²) >= 11 is 1.66. The standard InChI is InChI=1S/C20H29N3OS/c1-15(2)20-12-22(4)9-10-23(20)11-17-5-7-19(8-6-17)24-13-18-14-25-16(3)21-18/h5-8,14-15,20H,9-13H2,1-4H3/t20-/m0/s1. The molecule has 3 rings (SSSR count). The Labute approximate surface area is 155 Å². The van der Waals surface area contributed by atoms with Crippen LogP contribution in [0.25, 0.3) is 0 Å². The minimum atomic E-state index is 0.539. The van der Waals surface area contributed by atoms with Crippen molar-refractivity contribution in [3.05, 3.63) is 45.9 Å². The van der Waals surface area contributed by atoms with Crippen molar-refractivity contribution in [3.63, 3.8) is 0 Å². The highest BCUT2D eigenvalue weighted by Gasteiger charge is 2.27. The number of ether oxygens (including phenoxy) is 1. The summed E-state index contributed by atoms with van der Waals surface area (Å²) in [7, 11) is 2.22. The van der Waals surface area contributed by atoms with E-state index < -0.39 is 0 Å². The molecule has 0 aliphatic carbocycles. The fraction of sp³-hybridized carbons (Fsp3) is 0.550. The minimum Gasteiger partial charge on any atom is -0.487 e. The second-order valence-corrected chi connectivity index (χ2v) is 8.40. The molecule has 2 aromatic rings. The number of hydrogen-bond acceptors (Lipinski definition) is 5. The maximum Gasteiger partial charge on any atom is 0.131 e. The highest BCUT2D eigenvalue weighted by molar-refractivity contribution is 7.09. The molecule has 1 aliphatic rings. The van der Waals surface area contributed by atoms with Crippen LogP contribution in [0.1, 0.15) is 30.1 Å². The van der Waals surface area contributed by atoms with Crippen molar-refractivity contribution in [3.8, 4) is 5.75 Å². The van der Waals surface area contributed by atoms with Gasteiger partial charge in [0.15, 0.2) is 0 Å². The van der Waals surface area contributed by atoms with Crippen LogP contribution in [-0.2, 0) is 13.2 Å². The largest absolute Gasteiger partial charge is 0.487 e. The average Bonchev–Trinajstić information content (AvgIpc) is 3.01. The quantitative estimate of drug-likeness (QED) is 0.784.